The summed E-state index contributed by atoms with van der Waals surface area (Å²) in [6, 6.07) is 0. The minimum Gasteiger partial charge on any atom is -0.462 e. The lowest BCUT2D eigenvalue weighted by Crippen LogP contribution is -2.30. The molecule has 3 N–H and O–H groups in total. The molecule has 5 atom stereocenters. The van der Waals surface area contributed by atoms with Gasteiger partial charge < -0.3 is 33.8 Å². The third-order valence-electron chi connectivity index (χ3n) is 16.3. The first-order valence-corrected chi connectivity index (χ1v) is 39.7. The number of aliphatic hydroxyl groups is 1. The van der Waals surface area contributed by atoms with Gasteiger partial charge in [0.25, 0.3) is 0 Å². The van der Waals surface area contributed by atoms with E-state index in [-0.39, 0.29) is 25.7 Å². The number of phosphoric acid groups is 2. The quantitative estimate of drug-likeness (QED) is 0.0222. The van der Waals surface area contributed by atoms with Crippen molar-refractivity contribution in [3.8, 4) is 0 Å². The Morgan fingerprint density at radius 1 is 0.278 bits per heavy atom. The zero-order chi connectivity index (χ0) is 66.8. The fourth-order valence-corrected chi connectivity index (χ4v) is 12.2. The van der Waals surface area contributed by atoms with Crippen LogP contribution in [0.2, 0.25) is 0 Å². The third kappa shape index (κ3) is 64.8. The van der Waals surface area contributed by atoms with Gasteiger partial charge in [-0.1, -0.05) is 299 Å². The van der Waals surface area contributed by atoms with Gasteiger partial charge in [-0.15, -0.1) is 0 Å². The number of rotatable bonds is 68. The second kappa shape index (κ2) is 60.7. The molecule has 0 aliphatic rings. The first-order chi connectivity index (χ1) is 43.1. The maximum absolute atomic E-state index is 13.0. The topological polar surface area (TPSA) is 237 Å². The van der Waals surface area contributed by atoms with E-state index in [1.165, 1.54) is 154 Å². The standard InChI is InChI=1S/C71H138O17P2/c1-61(2)47-39-31-23-15-10-9-11-18-27-35-43-51-68(73)81-57-66(87-70(75)53-45-37-29-19-13-12-16-24-32-40-48-62(3)4)59-85-89(77,78)83-55-65(72)56-84-90(79,80)86-60-67(58-82-69(74)52-44-36-28-22-21-26-34-42-50-64(7)8)88-71(76)54-46-38-30-20-14-17-25-33-41-49-63(5)6/h61-67,72H,9-60H2,1-8H3,(H,77,78)(H,79,80)/t65?,66-,67-/m1/s1. The van der Waals surface area contributed by atoms with Gasteiger partial charge in [0.1, 0.15) is 19.3 Å². The lowest BCUT2D eigenvalue weighted by atomic mass is 10.0. The van der Waals surface area contributed by atoms with Crippen molar-refractivity contribution in [1.82, 2.24) is 0 Å². The lowest BCUT2D eigenvalue weighted by Gasteiger charge is -2.21. The molecular weight excluding hydrogens is 1190 g/mol. The number of hydrogen-bond donors (Lipinski definition) is 3. The smallest absolute Gasteiger partial charge is 0.462 e. The number of carbonyl (C=O) groups is 4. The van der Waals surface area contributed by atoms with Crippen LogP contribution in [0.1, 0.15) is 351 Å². The molecule has 0 heterocycles. The molecule has 534 valence electrons. The van der Waals surface area contributed by atoms with Crippen molar-refractivity contribution in [2.75, 3.05) is 39.6 Å². The molecule has 0 amide bonds. The molecule has 0 aromatic rings. The van der Waals surface area contributed by atoms with Crippen LogP contribution >= 0.6 is 15.6 Å². The minimum atomic E-state index is -4.95. The molecule has 0 saturated carbocycles. The molecule has 0 spiro atoms. The molecule has 90 heavy (non-hydrogen) atoms. The van der Waals surface area contributed by atoms with E-state index < -0.39 is 97.5 Å². The van der Waals surface area contributed by atoms with E-state index in [4.69, 9.17) is 37.0 Å². The predicted octanol–water partition coefficient (Wildman–Crippen LogP) is 20.1. The highest BCUT2D eigenvalue weighted by Gasteiger charge is 2.30. The van der Waals surface area contributed by atoms with Gasteiger partial charge in [-0.3, -0.25) is 37.3 Å². The summed E-state index contributed by atoms with van der Waals surface area (Å²) in [6.07, 6.45) is 43.0. The maximum atomic E-state index is 13.0. The maximum Gasteiger partial charge on any atom is 0.472 e. The summed E-state index contributed by atoms with van der Waals surface area (Å²) in [6.45, 7) is 14.1. The van der Waals surface area contributed by atoms with Crippen molar-refractivity contribution in [3.63, 3.8) is 0 Å². The average Bonchev–Trinajstić information content (AvgIpc) is 3.51. The molecule has 0 bridgehead atoms. The molecule has 0 aromatic carbocycles. The normalized spacial score (nSPS) is 14.3. The van der Waals surface area contributed by atoms with Crippen LogP contribution in [0.4, 0.5) is 0 Å². The van der Waals surface area contributed by atoms with E-state index >= 15 is 0 Å². The van der Waals surface area contributed by atoms with Crippen molar-refractivity contribution < 1.29 is 80.2 Å². The van der Waals surface area contributed by atoms with Gasteiger partial charge in [-0.25, -0.2) is 9.13 Å². The van der Waals surface area contributed by atoms with Crippen molar-refractivity contribution in [1.29, 1.82) is 0 Å². The van der Waals surface area contributed by atoms with Crippen LogP contribution in [0.5, 0.6) is 0 Å². The summed E-state index contributed by atoms with van der Waals surface area (Å²) in [5.74, 6) is 0.858. The summed E-state index contributed by atoms with van der Waals surface area (Å²) in [7, 11) is -9.90. The second-order valence-corrected chi connectivity index (χ2v) is 30.4. The SMILES string of the molecule is CC(C)CCCCCCCCCCCCCC(=O)OC[C@H](COP(=O)(O)OCC(O)COP(=O)(O)OC[C@@H](COC(=O)CCCCCCCCCCC(C)C)OC(=O)CCCCCCCCCCCC(C)C)OC(=O)CCCCCCCCCCCCC(C)C. The number of aliphatic hydroxyl groups excluding tert-OH is 1. The summed E-state index contributed by atoms with van der Waals surface area (Å²) in [5, 5.41) is 10.6. The Morgan fingerprint density at radius 2 is 0.467 bits per heavy atom. The summed E-state index contributed by atoms with van der Waals surface area (Å²) < 4.78 is 68.3. The van der Waals surface area contributed by atoms with Gasteiger partial charge in [0.2, 0.25) is 0 Å². The summed E-state index contributed by atoms with van der Waals surface area (Å²) >= 11 is 0. The molecule has 0 radical (unpaired) electrons. The molecular formula is C71H138O17P2. The van der Waals surface area contributed by atoms with Gasteiger partial charge in [0.15, 0.2) is 12.2 Å². The number of phosphoric ester groups is 2. The molecule has 0 aliphatic heterocycles. The van der Waals surface area contributed by atoms with Crippen molar-refractivity contribution in [2.45, 2.75) is 369 Å². The van der Waals surface area contributed by atoms with Crippen molar-refractivity contribution in [2.24, 2.45) is 23.7 Å². The Bertz CT molecular complexity index is 1780. The highest BCUT2D eigenvalue weighted by atomic mass is 31.2. The fraction of sp³-hybridized carbons (Fsp3) is 0.944. The molecule has 17 nitrogen and oxygen atoms in total. The zero-order valence-corrected chi connectivity index (χ0v) is 60.6. The van der Waals surface area contributed by atoms with Crippen LogP contribution in [0, 0.1) is 23.7 Å². The second-order valence-electron chi connectivity index (χ2n) is 27.5. The first kappa shape index (κ1) is 88.1. The number of carbonyl (C=O) groups excluding carboxylic acids is 4. The first-order valence-electron chi connectivity index (χ1n) is 36.7. The molecule has 3 unspecified atom stereocenters. The minimum absolute atomic E-state index is 0.104. The summed E-state index contributed by atoms with van der Waals surface area (Å²) in [5.41, 5.74) is 0. The number of esters is 4. The molecule has 0 aliphatic carbocycles. The Kier molecular flexibility index (Phi) is 59.4. The van der Waals surface area contributed by atoms with Crippen LogP contribution in [0.25, 0.3) is 0 Å². The number of unbranched alkanes of at least 4 members (excludes halogenated alkanes) is 34. The van der Waals surface area contributed by atoms with Gasteiger partial charge in [0.05, 0.1) is 26.4 Å². The highest BCUT2D eigenvalue weighted by molar-refractivity contribution is 7.47. The Balaban J connectivity index is 5.27. The van der Waals surface area contributed by atoms with E-state index in [9.17, 15) is 43.2 Å². The van der Waals surface area contributed by atoms with Crippen LogP contribution < -0.4 is 0 Å². The van der Waals surface area contributed by atoms with Crippen LogP contribution in [-0.2, 0) is 65.4 Å². The van der Waals surface area contributed by atoms with Crippen molar-refractivity contribution >= 4 is 39.5 Å². The Hall–Kier alpha value is -1.94. The van der Waals surface area contributed by atoms with E-state index in [2.05, 4.69) is 55.4 Å². The Labute approximate surface area is 549 Å². The van der Waals surface area contributed by atoms with Gasteiger partial charge in [-0.05, 0) is 49.4 Å². The number of hydrogen-bond acceptors (Lipinski definition) is 15. The molecule has 0 saturated heterocycles. The lowest BCUT2D eigenvalue weighted by molar-refractivity contribution is -0.161. The monoisotopic (exact) mass is 1320 g/mol. The van der Waals surface area contributed by atoms with Gasteiger partial charge in [-0.2, -0.15) is 0 Å². The fourth-order valence-electron chi connectivity index (χ4n) is 10.7. The molecule has 0 rings (SSSR count). The van der Waals surface area contributed by atoms with Crippen molar-refractivity contribution in [3.05, 3.63) is 0 Å². The van der Waals surface area contributed by atoms with Gasteiger partial charge >= 0.3 is 39.5 Å². The van der Waals surface area contributed by atoms with Crippen LogP contribution in [-0.4, -0.2) is 96.7 Å². The molecule has 0 fully saturated rings. The zero-order valence-electron chi connectivity index (χ0n) is 58.8. The van der Waals surface area contributed by atoms with E-state index in [1.807, 2.05) is 0 Å². The van der Waals surface area contributed by atoms with Crippen LogP contribution in [0.15, 0.2) is 0 Å². The number of ether oxygens (including phenoxy) is 4. The largest absolute Gasteiger partial charge is 0.472 e. The van der Waals surface area contributed by atoms with E-state index in [1.54, 1.807) is 0 Å². The predicted molar refractivity (Wildman–Crippen MR) is 363 cm³/mol. The molecule has 0 aromatic heterocycles. The average molecular weight is 1330 g/mol. The van der Waals surface area contributed by atoms with E-state index in [0.717, 1.165) is 114 Å². The Morgan fingerprint density at radius 3 is 0.689 bits per heavy atom. The van der Waals surface area contributed by atoms with E-state index in [0.29, 0.717) is 25.7 Å². The summed E-state index contributed by atoms with van der Waals surface area (Å²) in [4.78, 5) is 72.6. The van der Waals surface area contributed by atoms with Crippen LogP contribution in [0.3, 0.4) is 0 Å². The highest BCUT2D eigenvalue weighted by Crippen LogP contribution is 2.45. The molecule has 19 heteroatoms. The van der Waals surface area contributed by atoms with Gasteiger partial charge in [0, 0.05) is 25.7 Å². The third-order valence-corrected chi connectivity index (χ3v) is 18.2.